The van der Waals surface area contributed by atoms with Crippen molar-refractivity contribution in [1.82, 2.24) is 15.1 Å². The predicted octanol–water partition coefficient (Wildman–Crippen LogP) is 3.58. The molecule has 4 rings (SSSR count). The zero-order valence-electron chi connectivity index (χ0n) is 14.2. The molecule has 1 aliphatic heterocycles. The van der Waals surface area contributed by atoms with Crippen molar-refractivity contribution in [3.63, 3.8) is 0 Å². The van der Waals surface area contributed by atoms with E-state index < -0.39 is 0 Å². The number of likely N-dealkylation sites (tertiary alicyclic amines) is 1. The second-order valence-corrected chi connectivity index (χ2v) is 6.78. The van der Waals surface area contributed by atoms with Crippen molar-refractivity contribution in [3.05, 3.63) is 46.8 Å². The summed E-state index contributed by atoms with van der Waals surface area (Å²) in [4.78, 5) is 15.3. The molecule has 0 unspecified atom stereocenters. The van der Waals surface area contributed by atoms with E-state index in [1.54, 1.807) is 7.11 Å². The maximum atomic E-state index is 13.3. The number of carbonyl (C=O) groups excluding carboxylic acids is 1. The normalized spacial score (nSPS) is 20.4. The topological polar surface area (TPSA) is 58.2 Å². The molecule has 0 radical (unpaired) electrons. The lowest BCUT2D eigenvalue weighted by Gasteiger charge is -2.26. The van der Waals surface area contributed by atoms with Crippen molar-refractivity contribution < 1.29 is 9.53 Å². The number of amides is 1. The van der Waals surface area contributed by atoms with Gasteiger partial charge in [-0.1, -0.05) is 18.2 Å². The fourth-order valence-electron chi connectivity index (χ4n) is 3.79. The number of aryl methyl sites for hydroxylation is 1. The number of hydrogen-bond acceptors (Lipinski definition) is 3. The van der Waals surface area contributed by atoms with Gasteiger partial charge in [-0.25, -0.2) is 0 Å². The standard InChI is InChI=1S/C19H23N3O2/c1-12-17(18(21-20-12)13-9-10-13)19(23)22-11-5-7-15(22)14-6-3-4-8-16(14)24-2/h3-4,6,8,13,15H,5,7,9-11H2,1-2H3,(H,20,21)/t15-/m1/s1. The average Bonchev–Trinajstić information content (AvgIpc) is 3.20. The number of benzene rings is 1. The molecule has 1 aromatic carbocycles. The Morgan fingerprint density at radius 1 is 1.29 bits per heavy atom. The maximum absolute atomic E-state index is 13.3. The van der Waals surface area contributed by atoms with Crippen LogP contribution in [0.4, 0.5) is 0 Å². The molecular weight excluding hydrogens is 302 g/mol. The van der Waals surface area contributed by atoms with Crippen LogP contribution in [-0.2, 0) is 0 Å². The predicted molar refractivity (Wildman–Crippen MR) is 91.3 cm³/mol. The first-order valence-corrected chi connectivity index (χ1v) is 8.69. The highest BCUT2D eigenvalue weighted by atomic mass is 16.5. The van der Waals surface area contributed by atoms with E-state index in [4.69, 9.17) is 4.74 Å². The molecule has 1 amide bonds. The van der Waals surface area contributed by atoms with Crippen LogP contribution in [0.1, 0.15) is 65.0 Å². The van der Waals surface area contributed by atoms with E-state index in [0.717, 1.165) is 60.5 Å². The summed E-state index contributed by atoms with van der Waals surface area (Å²) in [6.45, 7) is 2.73. The van der Waals surface area contributed by atoms with E-state index in [2.05, 4.69) is 16.3 Å². The molecule has 1 aliphatic carbocycles. The monoisotopic (exact) mass is 325 g/mol. The van der Waals surface area contributed by atoms with Crippen molar-refractivity contribution >= 4 is 5.91 Å². The fourth-order valence-corrected chi connectivity index (χ4v) is 3.79. The largest absolute Gasteiger partial charge is 0.496 e. The Labute approximate surface area is 142 Å². The van der Waals surface area contributed by atoms with Gasteiger partial charge in [0.15, 0.2) is 0 Å². The van der Waals surface area contributed by atoms with Crippen molar-refractivity contribution in [2.45, 2.75) is 44.6 Å². The van der Waals surface area contributed by atoms with Gasteiger partial charge >= 0.3 is 0 Å². The van der Waals surface area contributed by atoms with Gasteiger partial charge in [-0.3, -0.25) is 9.89 Å². The molecule has 2 aromatic rings. The highest BCUT2D eigenvalue weighted by Crippen LogP contribution is 2.43. The molecule has 2 aliphatic rings. The van der Waals surface area contributed by atoms with Crippen molar-refractivity contribution in [1.29, 1.82) is 0 Å². The third kappa shape index (κ3) is 2.48. The molecule has 0 spiro atoms. The summed E-state index contributed by atoms with van der Waals surface area (Å²) < 4.78 is 5.52. The summed E-state index contributed by atoms with van der Waals surface area (Å²) in [7, 11) is 1.69. The van der Waals surface area contributed by atoms with Crippen LogP contribution in [0.3, 0.4) is 0 Å². The number of rotatable bonds is 4. The Hall–Kier alpha value is -2.30. The molecule has 1 aromatic heterocycles. The minimum Gasteiger partial charge on any atom is -0.496 e. The second-order valence-electron chi connectivity index (χ2n) is 6.78. The lowest BCUT2D eigenvalue weighted by atomic mass is 10.0. The molecule has 1 N–H and O–H groups in total. The van der Waals surface area contributed by atoms with Crippen LogP contribution < -0.4 is 4.74 Å². The van der Waals surface area contributed by atoms with Gasteiger partial charge in [0.1, 0.15) is 5.75 Å². The van der Waals surface area contributed by atoms with E-state index >= 15 is 0 Å². The first-order valence-electron chi connectivity index (χ1n) is 8.69. The van der Waals surface area contributed by atoms with E-state index in [1.165, 1.54) is 0 Å². The van der Waals surface area contributed by atoms with Gasteiger partial charge in [0.05, 0.1) is 24.4 Å². The number of nitrogens with zero attached hydrogens (tertiary/aromatic N) is 2. The third-order valence-electron chi connectivity index (χ3n) is 5.16. The minimum atomic E-state index is 0.0787. The molecule has 126 valence electrons. The van der Waals surface area contributed by atoms with E-state index in [1.807, 2.05) is 30.0 Å². The molecule has 5 heteroatoms. The van der Waals surface area contributed by atoms with E-state index in [-0.39, 0.29) is 11.9 Å². The number of aromatic amines is 1. The van der Waals surface area contributed by atoms with Crippen molar-refractivity contribution in [3.8, 4) is 5.75 Å². The second kappa shape index (κ2) is 5.96. The lowest BCUT2D eigenvalue weighted by molar-refractivity contribution is 0.0732. The van der Waals surface area contributed by atoms with Crippen LogP contribution >= 0.6 is 0 Å². The number of nitrogens with one attached hydrogen (secondary N) is 1. The Morgan fingerprint density at radius 2 is 2.08 bits per heavy atom. The number of hydrogen-bond donors (Lipinski definition) is 1. The summed E-state index contributed by atoms with van der Waals surface area (Å²) in [6.07, 6.45) is 4.27. The smallest absolute Gasteiger partial charge is 0.258 e. The van der Waals surface area contributed by atoms with E-state index in [0.29, 0.717) is 5.92 Å². The number of aromatic nitrogens is 2. The molecule has 24 heavy (non-hydrogen) atoms. The number of H-pyrrole nitrogens is 1. The first kappa shape index (κ1) is 15.2. The molecular formula is C19H23N3O2. The van der Waals surface area contributed by atoms with Crippen LogP contribution in [0.15, 0.2) is 24.3 Å². The molecule has 2 heterocycles. The summed E-state index contributed by atoms with van der Waals surface area (Å²) in [5.41, 5.74) is 3.73. The Morgan fingerprint density at radius 3 is 2.83 bits per heavy atom. The van der Waals surface area contributed by atoms with Gasteiger partial charge in [0.2, 0.25) is 0 Å². The maximum Gasteiger partial charge on any atom is 0.258 e. The first-order chi connectivity index (χ1) is 11.7. The summed E-state index contributed by atoms with van der Waals surface area (Å²) in [6, 6.07) is 8.09. The molecule has 0 bridgehead atoms. The third-order valence-corrected chi connectivity index (χ3v) is 5.16. The van der Waals surface area contributed by atoms with Crippen LogP contribution in [0.5, 0.6) is 5.75 Å². The van der Waals surface area contributed by atoms with Gasteiger partial charge in [-0.15, -0.1) is 0 Å². The van der Waals surface area contributed by atoms with Crippen molar-refractivity contribution in [2.24, 2.45) is 0 Å². The quantitative estimate of drug-likeness (QED) is 0.934. The van der Waals surface area contributed by atoms with Crippen LogP contribution in [0, 0.1) is 6.92 Å². The highest BCUT2D eigenvalue weighted by molar-refractivity contribution is 5.97. The summed E-state index contributed by atoms with van der Waals surface area (Å²) >= 11 is 0. The minimum absolute atomic E-state index is 0.0787. The fraction of sp³-hybridized carbons (Fsp3) is 0.474. The van der Waals surface area contributed by atoms with Gasteiger partial charge < -0.3 is 9.64 Å². The number of carbonyl (C=O) groups is 1. The number of para-hydroxylation sites is 1. The van der Waals surface area contributed by atoms with Gasteiger partial charge in [0, 0.05) is 23.7 Å². The molecule has 1 saturated heterocycles. The average molecular weight is 325 g/mol. The zero-order valence-corrected chi connectivity index (χ0v) is 14.2. The van der Waals surface area contributed by atoms with Gasteiger partial charge in [0.25, 0.3) is 5.91 Å². The SMILES string of the molecule is COc1ccccc1[C@H]1CCCN1C(=O)c1c(C2CC2)n[nH]c1C. The highest BCUT2D eigenvalue weighted by Gasteiger charge is 2.37. The number of ether oxygens (including phenoxy) is 1. The molecule has 5 nitrogen and oxygen atoms in total. The van der Waals surface area contributed by atoms with Gasteiger partial charge in [-0.2, -0.15) is 5.10 Å². The van der Waals surface area contributed by atoms with Gasteiger partial charge in [-0.05, 0) is 38.7 Å². The Bertz CT molecular complexity index is 764. The Kier molecular flexibility index (Phi) is 3.79. The van der Waals surface area contributed by atoms with Crippen LogP contribution in [-0.4, -0.2) is 34.7 Å². The summed E-state index contributed by atoms with van der Waals surface area (Å²) in [5.74, 6) is 1.42. The van der Waals surface area contributed by atoms with E-state index in [9.17, 15) is 4.79 Å². The molecule has 2 fully saturated rings. The lowest BCUT2D eigenvalue weighted by Crippen LogP contribution is -2.31. The molecule has 1 saturated carbocycles. The van der Waals surface area contributed by atoms with Crippen LogP contribution in [0.2, 0.25) is 0 Å². The molecule has 1 atom stereocenters. The summed E-state index contributed by atoms with van der Waals surface area (Å²) in [5, 5.41) is 7.42. The van der Waals surface area contributed by atoms with Crippen molar-refractivity contribution in [2.75, 3.05) is 13.7 Å². The zero-order chi connectivity index (χ0) is 16.7. The number of methoxy groups -OCH3 is 1. The van der Waals surface area contributed by atoms with Crippen LogP contribution in [0.25, 0.3) is 0 Å². The Balaban J connectivity index is 1.68.